The topological polar surface area (TPSA) is 0 Å². The Kier molecular flexibility index (Phi) is 2.83. The standard InChI is InChI=1S/C14H15Br/c1-14(2)9-8-12(15)10-13(14)11-6-4-3-5-7-11/h3-8,10H,9H2,1-2H3. The molecule has 0 heterocycles. The van der Waals surface area contributed by atoms with Crippen molar-refractivity contribution in [3.63, 3.8) is 0 Å². The van der Waals surface area contributed by atoms with Gasteiger partial charge in [0.05, 0.1) is 0 Å². The second-order valence-electron chi connectivity index (χ2n) is 4.60. The van der Waals surface area contributed by atoms with E-state index in [0.717, 1.165) is 6.42 Å². The van der Waals surface area contributed by atoms with Gasteiger partial charge >= 0.3 is 0 Å². The molecule has 0 N–H and O–H groups in total. The van der Waals surface area contributed by atoms with Crippen LogP contribution < -0.4 is 0 Å². The first-order valence-corrected chi connectivity index (χ1v) is 6.02. The number of rotatable bonds is 1. The van der Waals surface area contributed by atoms with Crippen LogP contribution in [0.1, 0.15) is 25.8 Å². The third-order valence-corrected chi connectivity index (χ3v) is 3.46. The minimum Gasteiger partial charge on any atom is -0.0694 e. The molecule has 0 amide bonds. The Balaban J connectivity index is 2.47. The first kappa shape index (κ1) is 10.7. The summed E-state index contributed by atoms with van der Waals surface area (Å²) >= 11 is 3.56. The zero-order chi connectivity index (χ0) is 10.9. The predicted octanol–water partition coefficient (Wildman–Crippen LogP) is 4.78. The summed E-state index contributed by atoms with van der Waals surface area (Å²) < 4.78 is 1.20. The molecule has 1 heteroatoms. The van der Waals surface area contributed by atoms with Crippen molar-refractivity contribution >= 4 is 21.5 Å². The van der Waals surface area contributed by atoms with Crippen LogP contribution in [0.4, 0.5) is 0 Å². The Morgan fingerprint density at radius 2 is 1.80 bits per heavy atom. The summed E-state index contributed by atoms with van der Waals surface area (Å²) in [5.41, 5.74) is 2.98. The average molecular weight is 263 g/mol. The predicted molar refractivity (Wildman–Crippen MR) is 69.8 cm³/mol. The molecule has 0 radical (unpaired) electrons. The van der Waals surface area contributed by atoms with Gasteiger partial charge in [0.1, 0.15) is 0 Å². The van der Waals surface area contributed by atoms with Crippen molar-refractivity contribution in [2.24, 2.45) is 5.41 Å². The lowest BCUT2D eigenvalue weighted by molar-refractivity contribution is 0.505. The molecule has 0 fully saturated rings. The molecular formula is C14H15Br. The molecule has 15 heavy (non-hydrogen) atoms. The van der Waals surface area contributed by atoms with Crippen LogP contribution >= 0.6 is 15.9 Å². The molecule has 0 unspecified atom stereocenters. The molecule has 0 saturated carbocycles. The largest absolute Gasteiger partial charge is 0.0694 e. The highest BCUT2D eigenvalue weighted by Crippen LogP contribution is 2.42. The highest BCUT2D eigenvalue weighted by atomic mass is 79.9. The van der Waals surface area contributed by atoms with Crippen molar-refractivity contribution in [3.05, 3.63) is 52.5 Å². The van der Waals surface area contributed by atoms with E-state index in [4.69, 9.17) is 0 Å². The quantitative estimate of drug-likeness (QED) is 0.684. The SMILES string of the molecule is CC1(C)CC=C(Br)C=C1c1ccccc1. The lowest BCUT2D eigenvalue weighted by Gasteiger charge is -2.30. The molecule has 2 rings (SSSR count). The molecule has 0 spiro atoms. The van der Waals surface area contributed by atoms with Gasteiger partial charge in [0.25, 0.3) is 0 Å². The van der Waals surface area contributed by atoms with Crippen LogP contribution in [0, 0.1) is 5.41 Å². The second kappa shape index (κ2) is 3.97. The van der Waals surface area contributed by atoms with Crippen molar-refractivity contribution < 1.29 is 0 Å². The van der Waals surface area contributed by atoms with Crippen molar-refractivity contribution in [1.29, 1.82) is 0 Å². The maximum Gasteiger partial charge on any atom is 0.0138 e. The minimum absolute atomic E-state index is 0.235. The molecule has 0 aromatic heterocycles. The molecule has 1 aromatic rings. The van der Waals surface area contributed by atoms with E-state index in [1.165, 1.54) is 15.6 Å². The van der Waals surface area contributed by atoms with E-state index >= 15 is 0 Å². The maximum absolute atomic E-state index is 3.56. The van der Waals surface area contributed by atoms with Gasteiger partial charge in [-0.05, 0) is 29.0 Å². The van der Waals surface area contributed by atoms with Gasteiger partial charge in [-0.25, -0.2) is 0 Å². The highest BCUT2D eigenvalue weighted by molar-refractivity contribution is 9.11. The zero-order valence-corrected chi connectivity index (χ0v) is 10.7. The Morgan fingerprint density at radius 3 is 2.47 bits per heavy atom. The van der Waals surface area contributed by atoms with Crippen LogP contribution in [0.3, 0.4) is 0 Å². The average Bonchev–Trinajstić information content (AvgIpc) is 2.23. The van der Waals surface area contributed by atoms with E-state index in [1.54, 1.807) is 0 Å². The molecule has 78 valence electrons. The first-order valence-electron chi connectivity index (χ1n) is 5.23. The number of hydrogen-bond acceptors (Lipinski definition) is 0. The number of allylic oxidation sites excluding steroid dienone is 4. The third kappa shape index (κ3) is 2.23. The zero-order valence-electron chi connectivity index (χ0n) is 9.13. The van der Waals surface area contributed by atoms with Gasteiger partial charge in [-0.3, -0.25) is 0 Å². The van der Waals surface area contributed by atoms with Crippen LogP contribution in [0.15, 0.2) is 47.0 Å². The Labute approximate surface area is 99.8 Å². The molecule has 0 bridgehead atoms. The molecule has 0 saturated heterocycles. The summed E-state index contributed by atoms with van der Waals surface area (Å²) in [5, 5.41) is 0. The molecule has 1 aromatic carbocycles. The van der Waals surface area contributed by atoms with Gasteiger partial charge in [0.15, 0.2) is 0 Å². The molecule has 0 nitrogen and oxygen atoms in total. The fourth-order valence-electron chi connectivity index (χ4n) is 1.95. The molecule has 0 atom stereocenters. The summed E-state index contributed by atoms with van der Waals surface area (Å²) in [6.07, 6.45) is 5.57. The van der Waals surface area contributed by atoms with Crippen LogP contribution in [0.5, 0.6) is 0 Å². The second-order valence-corrected chi connectivity index (χ2v) is 5.52. The van der Waals surface area contributed by atoms with Gasteiger partial charge in [-0.1, -0.05) is 66.2 Å². The summed E-state index contributed by atoms with van der Waals surface area (Å²) in [6.45, 7) is 4.59. The third-order valence-electron chi connectivity index (χ3n) is 2.90. The van der Waals surface area contributed by atoms with E-state index in [-0.39, 0.29) is 5.41 Å². The normalized spacial score (nSPS) is 19.4. The van der Waals surface area contributed by atoms with Gasteiger partial charge < -0.3 is 0 Å². The smallest absolute Gasteiger partial charge is 0.0138 e. The maximum atomic E-state index is 3.56. The van der Waals surface area contributed by atoms with Gasteiger partial charge in [0, 0.05) is 4.48 Å². The van der Waals surface area contributed by atoms with Gasteiger partial charge in [0.2, 0.25) is 0 Å². The van der Waals surface area contributed by atoms with E-state index in [1.807, 2.05) is 0 Å². The first-order chi connectivity index (χ1) is 7.09. The van der Waals surface area contributed by atoms with Crippen molar-refractivity contribution in [2.75, 3.05) is 0 Å². The van der Waals surface area contributed by atoms with Crippen molar-refractivity contribution in [3.8, 4) is 0 Å². The summed E-state index contributed by atoms with van der Waals surface area (Å²) in [6, 6.07) is 10.6. The highest BCUT2D eigenvalue weighted by Gasteiger charge is 2.25. The Hall–Kier alpha value is -0.820. The fraction of sp³-hybridized carbons (Fsp3) is 0.286. The number of halogens is 1. The van der Waals surface area contributed by atoms with Crippen molar-refractivity contribution in [2.45, 2.75) is 20.3 Å². The fourth-order valence-corrected chi connectivity index (χ4v) is 2.34. The summed E-state index contributed by atoms with van der Waals surface area (Å²) in [5.74, 6) is 0. The lowest BCUT2D eigenvalue weighted by Crippen LogP contribution is -2.15. The van der Waals surface area contributed by atoms with Gasteiger partial charge in [-0.15, -0.1) is 0 Å². The van der Waals surface area contributed by atoms with E-state index < -0.39 is 0 Å². The summed E-state index contributed by atoms with van der Waals surface area (Å²) in [4.78, 5) is 0. The Bertz CT molecular complexity index is 410. The van der Waals surface area contributed by atoms with Crippen LogP contribution in [0.2, 0.25) is 0 Å². The van der Waals surface area contributed by atoms with Crippen LogP contribution in [0.25, 0.3) is 5.57 Å². The molecule has 1 aliphatic rings. The monoisotopic (exact) mass is 262 g/mol. The van der Waals surface area contributed by atoms with E-state index in [9.17, 15) is 0 Å². The molecular weight excluding hydrogens is 248 g/mol. The van der Waals surface area contributed by atoms with Gasteiger partial charge in [-0.2, -0.15) is 0 Å². The van der Waals surface area contributed by atoms with E-state index in [2.05, 4.69) is 72.3 Å². The molecule has 1 aliphatic carbocycles. The molecule has 0 aliphatic heterocycles. The number of benzene rings is 1. The van der Waals surface area contributed by atoms with E-state index in [0.29, 0.717) is 0 Å². The minimum atomic E-state index is 0.235. The number of hydrogen-bond donors (Lipinski definition) is 0. The van der Waals surface area contributed by atoms with Crippen molar-refractivity contribution in [1.82, 2.24) is 0 Å². The summed E-state index contributed by atoms with van der Waals surface area (Å²) in [7, 11) is 0. The Morgan fingerprint density at radius 1 is 1.13 bits per heavy atom. The lowest BCUT2D eigenvalue weighted by atomic mass is 9.75. The van der Waals surface area contributed by atoms with Crippen LogP contribution in [-0.4, -0.2) is 0 Å². The van der Waals surface area contributed by atoms with Crippen LogP contribution in [-0.2, 0) is 0 Å².